The third kappa shape index (κ3) is 3.12. The zero-order chi connectivity index (χ0) is 14.1. The van der Waals surface area contributed by atoms with Crippen molar-refractivity contribution >= 4 is 21.4 Å². The summed E-state index contributed by atoms with van der Waals surface area (Å²) in [6.07, 6.45) is 0.669. The second-order valence-electron chi connectivity index (χ2n) is 5.56. The Kier molecular flexibility index (Phi) is 4.23. The molecular weight excluding hydrogens is 282 g/mol. The van der Waals surface area contributed by atoms with Crippen molar-refractivity contribution in [3.63, 3.8) is 0 Å². The molecule has 1 aliphatic rings. The summed E-state index contributed by atoms with van der Waals surface area (Å²) in [6, 6.07) is 7.75. The van der Waals surface area contributed by atoms with Crippen molar-refractivity contribution in [3.8, 4) is 0 Å². The summed E-state index contributed by atoms with van der Waals surface area (Å²) in [5.41, 5.74) is 1.13. The van der Waals surface area contributed by atoms with Gasteiger partial charge in [-0.15, -0.1) is 0 Å². The number of hydrogen-bond acceptors (Lipinski definition) is 3. The van der Waals surface area contributed by atoms with Crippen molar-refractivity contribution in [2.75, 3.05) is 18.8 Å². The third-order valence-electron chi connectivity index (χ3n) is 3.97. The molecule has 1 aromatic rings. The highest BCUT2D eigenvalue weighted by molar-refractivity contribution is 7.91. The molecule has 0 bridgehead atoms. The second-order valence-corrected chi connectivity index (χ2v) is 8.67. The average Bonchev–Trinajstić information content (AvgIpc) is 2.29. The Bertz CT molecular complexity index is 533. The van der Waals surface area contributed by atoms with Gasteiger partial charge in [0.05, 0.1) is 11.0 Å². The van der Waals surface area contributed by atoms with E-state index in [1.165, 1.54) is 5.56 Å². The summed E-state index contributed by atoms with van der Waals surface area (Å²) < 4.78 is 23.9. The Morgan fingerprint density at radius 3 is 2.26 bits per heavy atom. The number of benzene rings is 1. The van der Waals surface area contributed by atoms with Gasteiger partial charge >= 0.3 is 0 Å². The Morgan fingerprint density at radius 2 is 1.84 bits per heavy atom. The summed E-state index contributed by atoms with van der Waals surface area (Å²) in [4.78, 5) is 0. The maximum atomic E-state index is 12.0. The van der Waals surface area contributed by atoms with Gasteiger partial charge in [-0.05, 0) is 38.0 Å². The second kappa shape index (κ2) is 5.43. The van der Waals surface area contributed by atoms with Gasteiger partial charge in [-0.25, -0.2) is 8.42 Å². The van der Waals surface area contributed by atoms with Crippen LogP contribution in [0.4, 0.5) is 0 Å². The molecule has 1 N–H and O–H groups in total. The minimum atomic E-state index is -2.98. The highest BCUT2D eigenvalue weighted by Crippen LogP contribution is 2.33. The van der Waals surface area contributed by atoms with Gasteiger partial charge < -0.3 is 5.32 Å². The van der Waals surface area contributed by atoms with Crippen molar-refractivity contribution in [2.24, 2.45) is 0 Å². The fourth-order valence-corrected chi connectivity index (χ4v) is 3.60. The average molecular weight is 302 g/mol. The molecular formula is C14H20ClNO2S. The molecule has 5 heteroatoms. The largest absolute Gasteiger partial charge is 0.315 e. The first-order valence-corrected chi connectivity index (χ1v) is 8.63. The summed E-state index contributed by atoms with van der Waals surface area (Å²) in [7, 11) is -2.98. The van der Waals surface area contributed by atoms with E-state index in [9.17, 15) is 8.42 Å². The first-order chi connectivity index (χ1) is 8.86. The SMILES string of the molecule is CC(C)S(=O)(=O)CCC1(c2ccc(Cl)cc2)CNC1. The zero-order valence-electron chi connectivity index (χ0n) is 11.3. The molecule has 1 aliphatic heterocycles. The van der Waals surface area contributed by atoms with Crippen molar-refractivity contribution in [2.45, 2.75) is 30.9 Å². The fraction of sp³-hybridized carbons (Fsp3) is 0.571. The van der Waals surface area contributed by atoms with Crippen LogP contribution < -0.4 is 5.32 Å². The van der Waals surface area contributed by atoms with E-state index < -0.39 is 9.84 Å². The molecule has 0 radical (unpaired) electrons. The minimum absolute atomic E-state index is 0.0491. The molecule has 0 spiro atoms. The molecule has 0 aliphatic carbocycles. The van der Waals surface area contributed by atoms with E-state index in [4.69, 9.17) is 11.6 Å². The summed E-state index contributed by atoms with van der Waals surface area (Å²) in [6.45, 7) is 5.15. The van der Waals surface area contributed by atoms with Gasteiger partial charge in [0.2, 0.25) is 0 Å². The van der Waals surface area contributed by atoms with E-state index >= 15 is 0 Å². The monoisotopic (exact) mass is 301 g/mol. The lowest BCUT2D eigenvalue weighted by molar-refractivity contribution is 0.268. The quantitative estimate of drug-likeness (QED) is 0.908. The van der Waals surface area contributed by atoms with Gasteiger partial charge in [-0.3, -0.25) is 0 Å². The van der Waals surface area contributed by atoms with Crippen LogP contribution in [0, 0.1) is 0 Å². The van der Waals surface area contributed by atoms with E-state index in [-0.39, 0.29) is 16.4 Å². The number of sulfone groups is 1. The number of hydrogen-bond donors (Lipinski definition) is 1. The van der Waals surface area contributed by atoms with Crippen LogP contribution in [0.15, 0.2) is 24.3 Å². The van der Waals surface area contributed by atoms with Gasteiger partial charge in [0.25, 0.3) is 0 Å². The van der Waals surface area contributed by atoms with Gasteiger partial charge in [0.1, 0.15) is 0 Å². The first-order valence-electron chi connectivity index (χ1n) is 6.54. The standard InChI is InChI=1S/C14H20ClNO2S/c1-11(2)19(17,18)8-7-14(9-16-10-14)12-3-5-13(15)6-4-12/h3-6,11,16H,7-10H2,1-2H3. The Hall–Kier alpha value is -0.580. The predicted octanol–water partition coefficient (Wildman–Crippen LogP) is 2.39. The van der Waals surface area contributed by atoms with Crippen LogP contribution in [0.25, 0.3) is 0 Å². The number of halogens is 1. The maximum Gasteiger partial charge on any atom is 0.152 e. The molecule has 1 heterocycles. The molecule has 1 aromatic carbocycles. The maximum absolute atomic E-state index is 12.0. The van der Waals surface area contributed by atoms with Crippen LogP contribution >= 0.6 is 11.6 Å². The van der Waals surface area contributed by atoms with Crippen LogP contribution in [0.5, 0.6) is 0 Å². The van der Waals surface area contributed by atoms with Crippen LogP contribution in [-0.4, -0.2) is 32.5 Å². The smallest absolute Gasteiger partial charge is 0.152 e. The van der Waals surface area contributed by atoms with E-state index in [1.54, 1.807) is 13.8 Å². The number of rotatable bonds is 5. The van der Waals surface area contributed by atoms with E-state index in [1.807, 2.05) is 24.3 Å². The molecule has 0 saturated carbocycles. The highest BCUT2D eigenvalue weighted by Gasteiger charge is 2.39. The van der Waals surface area contributed by atoms with Crippen LogP contribution in [-0.2, 0) is 15.3 Å². The topological polar surface area (TPSA) is 46.2 Å². The fourth-order valence-electron chi connectivity index (χ4n) is 2.33. The molecule has 0 amide bonds. The Balaban J connectivity index is 2.14. The van der Waals surface area contributed by atoms with Gasteiger partial charge in [0, 0.05) is 23.5 Å². The predicted molar refractivity (Wildman–Crippen MR) is 79.5 cm³/mol. The normalized spacial score (nSPS) is 18.3. The van der Waals surface area contributed by atoms with E-state index in [0.29, 0.717) is 11.4 Å². The van der Waals surface area contributed by atoms with Crippen molar-refractivity contribution < 1.29 is 8.42 Å². The van der Waals surface area contributed by atoms with E-state index in [0.717, 1.165) is 13.1 Å². The van der Waals surface area contributed by atoms with Gasteiger partial charge in [-0.1, -0.05) is 23.7 Å². The molecule has 2 rings (SSSR count). The van der Waals surface area contributed by atoms with Crippen LogP contribution in [0.2, 0.25) is 5.02 Å². The molecule has 3 nitrogen and oxygen atoms in total. The van der Waals surface area contributed by atoms with Crippen molar-refractivity contribution in [1.82, 2.24) is 5.32 Å². The Morgan fingerprint density at radius 1 is 1.26 bits per heavy atom. The molecule has 0 unspecified atom stereocenters. The molecule has 1 saturated heterocycles. The lowest BCUT2D eigenvalue weighted by atomic mass is 9.73. The summed E-state index contributed by atoms with van der Waals surface area (Å²) in [5.74, 6) is 0.245. The Labute approximate surface area is 120 Å². The molecule has 0 atom stereocenters. The number of nitrogens with one attached hydrogen (secondary N) is 1. The molecule has 106 valence electrons. The minimum Gasteiger partial charge on any atom is -0.315 e. The zero-order valence-corrected chi connectivity index (χ0v) is 12.9. The molecule has 1 fully saturated rings. The van der Waals surface area contributed by atoms with Gasteiger partial charge in [0.15, 0.2) is 9.84 Å². The summed E-state index contributed by atoms with van der Waals surface area (Å²) >= 11 is 5.90. The molecule has 19 heavy (non-hydrogen) atoms. The summed E-state index contributed by atoms with van der Waals surface area (Å²) in [5, 5.41) is 3.66. The van der Waals surface area contributed by atoms with E-state index in [2.05, 4.69) is 5.32 Å². The first kappa shape index (κ1) is 14.8. The van der Waals surface area contributed by atoms with Crippen molar-refractivity contribution in [3.05, 3.63) is 34.9 Å². The lowest BCUT2D eigenvalue weighted by Crippen LogP contribution is -2.57. The van der Waals surface area contributed by atoms with Crippen LogP contribution in [0.1, 0.15) is 25.8 Å². The molecule has 0 aromatic heterocycles. The van der Waals surface area contributed by atoms with Gasteiger partial charge in [-0.2, -0.15) is 0 Å². The van der Waals surface area contributed by atoms with Crippen LogP contribution in [0.3, 0.4) is 0 Å². The highest BCUT2D eigenvalue weighted by atomic mass is 35.5. The van der Waals surface area contributed by atoms with Crippen molar-refractivity contribution in [1.29, 1.82) is 0 Å². The lowest BCUT2D eigenvalue weighted by Gasteiger charge is -2.43. The third-order valence-corrected chi connectivity index (χ3v) is 6.43.